The number of carbonyl (C=O) groups excluding carboxylic acids is 1. The van der Waals surface area contributed by atoms with E-state index in [1.165, 1.54) is 23.9 Å². The number of anilines is 1. The van der Waals surface area contributed by atoms with Crippen molar-refractivity contribution in [2.45, 2.75) is 17.1 Å². The number of hydrogen-bond donors (Lipinski definition) is 2. The molecule has 0 aliphatic rings. The quantitative estimate of drug-likeness (QED) is 0.661. The van der Waals surface area contributed by atoms with E-state index in [1.807, 2.05) is 0 Å². The van der Waals surface area contributed by atoms with Crippen molar-refractivity contribution in [2.75, 3.05) is 5.32 Å². The highest BCUT2D eigenvalue weighted by atomic mass is 32.2. The predicted molar refractivity (Wildman–Crippen MR) is 78.4 cm³/mol. The molecule has 0 aliphatic carbocycles. The summed E-state index contributed by atoms with van der Waals surface area (Å²) in [5.74, 6) is -4.83. The van der Waals surface area contributed by atoms with Crippen LogP contribution in [0, 0.1) is 17.5 Å². The van der Waals surface area contributed by atoms with Crippen LogP contribution in [0.2, 0.25) is 0 Å². The van der Waals surface area contributed by atoms with Crippen LogP contribution in [0.25, 0.3) is 0 Å². The minimum absolute atomic E-state index is 0.102. The molecule has 0 saturated heterocycles. The number of phenols is 1. The maximum absolute atomic E-state index is 13.5. The van der Waals surface area contributed by atoms with Gasteiger partial charge in [-0.2, -0.15) is 0 Å². The van der Waals surface area contributed by atoms with Gasteiger partial charge >= 0.3 is 0 Å². The molecule has 0 spiro atoms. The highest BCUT2D eigenvalue weighted by molar-refractivity contribution is 8.00. The van der Waals surface area contributed by atoms with Crippen LogP contribution < -0.4 is 5.32 Å². The summed E-state index contributed by atoms with van der Waals surface area (Å²) in [6.07, 6.45) is 0. The summed E-state index contributed by atoms with van der Waals surface area (Å²) in [5.41, 5.74) is -0.415. The van der Waals surface area contributed by atoms with Gasteiger partial charge in [0.1, 0.15) is 5.75 Å². The van der Waals surface area contributed by atoms with Crippen LogP contribution in [-0.4, -0.2) is 16.3 Å². The molecular weight excluding hydrogens is 315 g/mol. The first-order valence-corrected chi connectivity index (χ1v) is 7.16. The fourth-order valence-electron chi connectivity index (χ4n) is 1.64. The van der Waals surface area contributed by atoms with Crippen molar-refractivity contribution in [2.24, 2.45) is 0 Å². The van der Waals surface area contributed by atoms with Gasteiger partial charge in [0, 0.05) is 4.90 Å². The number of amides is 1. The molecule has 22 heavy (non-hydrogen) atoms. The molecule has 2 aromatic carbocycles. The van der Waals surface area contributed by atoms with Crippen molar-refractivity contribution >= 4 is 23.4 Å². The first kappa shape index (κ1) is 16.2. The summed E-state index contributed by atoms with van der Waals surface area (Å²) in [5, 5.41) is 10.8. The lowest BCUT2D eigenvalue weighted by Crippen LogP contribution is -2.23. The SMILES string of the molecule is CC(Sc1ccc(O)cc1)C(=O)Nc1ccc(F)c(F)c1F. The second-order valence-corrected chi connectivity index (χ2v) is 5.88. The third-order valence-corrected chi connectivity index (χ3v) is 3.92. The molecule has 2 aromatic rings. The number of carbonyl (C=O) groups is 1. The zero-order chi connectivity index (χ0) is 16.3. The first-order chi connectivity index (χ1) is 10.4. The Morgan fingerprint density at radius 1 is 1.09 bits per heavy atom. The summed E-state index contributed by atoms with van der Waals surface area (Å²) in [6.45, 7) is 1.59. The van der Waals surface area contributed by atoms with Crippen molar-refractivity contribution in [1.82, 2.24) is 0 Å². The van der Waals surface area contributed by atoms with Gasteiger partial charge < -0.3 is 10.4 Å². The van der Waals surface area contributed by atoms with E-state index >= 15 is 0 Å². The smallest absolute Gasteiger partial charge is 0.237 e. The molecule has 2 rings (SSSR count). The summed E-state index contributed by atoms with van der Waals surface area (Å²) in [6, 6.07) is 7.91. The molecule has 0 bridgehead atoms. The Bertz CT molecular complexity index is 692. The molecule has 1 unspecified atom stereocenters. The average molecular weight is 327 g/mol. The minimum atomic E-state index is -1.63. The molecule has 1 atom stereocenters. The first-order valence-electron chi connectivity index (χ1n) is 6.28. The van der Waals surface area contributed by atoms with Crippen molar-refractivity contribution < 1.29 is 23.1 Å². The molecule has 0 radical (unpaired) electrons. The molecule has 7 heteroatoms. The summed E-state index contributed by atoms with van der Waals surface area (Å²) < 4.78 is 39.4. The van der Waals surface area contributed by atoms with Crippen LogP contribution in [0.15, 0.2) is 41.3 Å². The van der Waals surface area contributed by atoms with Crippen LogP contribution >= 0.6 is 11.8 Å². The maximum atomic E-state index is 13.5. The van der Waals surface area contributed by atoms with Gasteiger partial charge in [-0.1, -0.05) is 0 Å². The third-order valence-electron chi connectivity index (χ3n) is 2.81. The summed E-state index contributed by atoms with van der Waals surface area (Å²) >= 11 is 1.18. The Kier molecular flexibility index (Phi) is 4.97. The molecule has 0 heterocycles. The topological polar surface area (TPSA) is 49.3 Å². The van der Waals surface area contributed by atoms with Crippen molar-refractivity contribution in [3.05, 3.63) is 53.8 Å². The van der Waals surface area contributed by atoms with Crippen LogP contribution in [0.3, 0.4) is 0 Å². The maximum Gasteiger partial charge on any atom is 0.237 e. The van der Waals surface area contributed by atoms with Crippen molar-refractivity contribution in [1.29, 1.82) is 0 Å². The lowest BCUT2D eigenvalue weighted by molar-refractivity contribution is -0.115. The number of halogens is 3. The second-order valence-electron chi connectivity index (χ2n) is 4.47. The van der Waals surface area contributed by atoms with Crippen molar-refractivity contribution in [3.8, 4) is 5.75 Å². The molecule has 0 saturated carbocycles. The molecule has 2 N–H and O–H groups in total. The Morgan fingerprint density at radius 3 is 2.36 bits per heavy atom. The highest BCUT2D eigenvalue weighted by Crippen LogP contribution is 2.26. The van der Waals surface area contributed by atoms with E-state index in [4.69, 9.17) is 0 Å². The minimum Gasteiger partial charge on any atom is -0.508 e. The fourth-order valence-corrected chi connectivity index (χ4v) is 2.51. The van der Waals surface area contributed by atoms with Gasteiger partial charge in [0.2, 0.25) is 5.91 Å². The number of phenolic OH excluding ortho intramolecular Hbond substituents is 1. The van der Waals surface area contributed by atoms with Crippen LogP contribution in [0.4, 0.5) is 18.9 Å². The fraction of sp³-hybridized carbons (Fsp3) is 0.133. The second kappa shape index (κ2) is 6.74. The number of thioether (sulfide) groups is 1. The van der Waals surface area contributed by atoms with Crippen LogP contribution in [0.5, 0.6) is 5.75 Å². The monoisotopic (exact) mass is 327 g/mol. The summed E-state index contributed by atoms with van der Waals surface area (Å²) in [4.78, 5) is 12.7. The number of hydrogen-bond acceptors (Lipinski definition) is 3. The molecule has 1 amide bonds. The molecular formula is C15H12F3NO2S. The highest BCUT2D eigenvalue weighted by Gasteiger charge is 2.19. The van der Waals surface area contributed by atoms with Gasteiger partial charge in [-0.25, -0.2) is 13.2 Å². The number of benzene rings is 2. The lowest BCUT2D eigenvalue weighted by Gasteiger charge is -2.13. The zero-order valence-corrected chi connectivity index (χ0v) is 12.3. The molecule has 0 aliphatic heterocycles. The third kappa shape index (κ3) is 3.73. The van der Waals surface area contributed by atoms with Gasteiger partial charge in [-0.15, -0.1) is 11.8 Å². The van der Waals surface area contributed by atoms with Crippen LogP contribution in [-0.2, 0) is 4.79 Å². The van der Waals surface area contributed by atoms with E-state index in [0.717, 1.165) is 17.0 Å². The number of aromatic hydroxyl groups is 1. The molecule has 3 nitrogen and oxygen atoms in total. The van der Waals surface area contributed by atoms with E-state index in [-0.39, 0.29) is 5.75 Å². The van der Waals surface area contributed by atoms with E-state index in [1.54, 1.807) is 19.1 Å². The predicted octanol–water partition coefficient (Wildman–Crippen LogP) is 3.93. The number of rotatable bonds is 4. The Morgan fingerprint density at radius 2 is 1.73 bits per heavy atom. The average Bonchev–Trinajstić information content (AvgIpc) is 2.50. The van der Waals surface area contributed by atoms with Crippen molar-refractivity contribution in [3.63, 3.8) is 0 Å². The van der Waals surface area contributed by atoms with E-state index in [9.17, 15) is 23.1 Å². The normalized spacial score (nSPS) is 12.0. The largest absolute Gasteiger partial charge is 0.508 e. The summed E-state index contributed by atoms with van der Waals surface area (Å²) in [7, 11) is 0. The van der Waals surface area contributed by atoms with E-state index < -0.39 is 34.3 Å². The Labute approximate surface area is 129 Å². The standard InChI is InChI=1S/C15H12F3NO2S/c1-8(22-10-4-2-9(20)3-5-10)15(21)19-12-7-6-11(16)13(17)14(12)18/h2-8,20H,1H3,(H,19,21). The van der Waals surface area contributed by atoms with Gasteiger partial charge in [-0.05, 0) is 43.3 Å². The van der Waals surface area contributed by atoms with E-state index in [2.05, 4.69) is 5.32 Å². The zero-order valence-electron chi connectivity index (χ0n) is 11.4. The lowest BCUT2D eigenvalue weighted by atomic mass is 10.2. The molecule has 0 fully saturated rings. The Hall–Kier alpha value is -2.15. The van der Waals surface area contributed by atoms with Gasteiger partial charge in [0.05, 0.1) is 10.9 Å². The van der Waals surface area contributed by atoms with Gasteiger partial charge in [0.15, 0.2) is 17.5 Å². The van der Waals surface area contributed by atoms with E-state index in [0.29, 0.717) is 0 Å². The van der Waals surface area contributed by atoms with Crippen LogP contribution in [0.1, 0.15) is 6.92 Å². The number of nitrogens with one attached hydrogen (secondary N) is 1. The molecule has 116 valence electrons. The Balaban J connectivity index is 2.05. The van der Waals surface area contributed by atoms with Gasteiger partial charge in [-0.3, -0.25) is 4.79 Å². The molecule has 0 aromatic heterocycles. The van der Waals surface area contributed by atoms with Gasteiger partial charge in [0.25, 0.3) is 0 Å².